The van der Waals surface area contributed by atoms with Crippen molar-refractivity contribution in [2.24, 2.45) is 0 Å². The van der Waals surface area contributed by atoms with Gasteiger partial charge in [0.05, 0.1) is 5.69 Å². The van der Waals surface area contributed by atoms with Gasteiger partial charge < -0.3 is 15.0 Å². The molecule has 2 fully saturated rings. The first kappa shape index (κ1) is 17.0. The largest absolute Gasteiger partial charge is 0.507 e. The number of amides is 1. The van der Waals surface area contributed by atoms with Crippen molar-refractivity contribution in [3.8, 4) is 17.0 Å². The van der Waals surface area contributed by atoms with Crippen LogP contribution in [0.1, 0.15) is 36.4 Å². The van der Waals surface area contributed by atoms with Crippen LogP contribution in [-0.4, -0.2) is 43.7 Å². The van der Waals surface area contributed by atoms with Crippen molar-refractivity contribution >= 4 is 16.9 Å². The first-order valence-electron chi connectivity index (χ1n) is 9.75. The van der Waals surface area contributed by atoms with Crippen molar-refractivity contribution in [2.75, 3.05) is 6.54 Å². The van der Waals surface area contributed by atoms with Gasteiger partial charge in [0, 0.05) is 35.7 Å². The Morgan fingerprint density at radius 1 is 1.29 bits per heavy atom. The number of phenolic OH excluding ortho intramolecular Hbond substituents is 1. The highest BCUT2D eigenvalue weighted by Gasteiger charge is 2.35. The highest BCUT2D eigenvalue weighted by molar-refractivity contribution is 5.88. The quantitative estimate of drug-likeness (QED) is 0.669. The van der Waals surface area contributed by atoms with Crippen LogP contribution < -0.4 is 0 Å². The van der Waals surface area contributed by atoms with Crippen LogP contribution in [0.3, 0.4) is 0 Å². The number of hydrogen-bond donors (Lipinski definition) is 2. The molecule has 3 aromatic rings. The van der Waals surface area contributed by atoms with E-state index in [1.165, 1.54) is 24.5 Å². The van der Waals surface area contributed by atoms with Crippen LogP contribution >= 0.6 is 0 Å². The molecule has 0 unspecified atom stereocenters. The van der Waals surface area contributed by atoms with Gasteiger partial charge in [0.2, 0.25) is 5.91 Å². The number of carbonyl (C=O) groups excluding carboxylic acids is 1. The molecule has 0 radical (unpaired) electrons. The summed E-state index contributed by atoms with van der Waals surface area (Å²) in [5.41, 5.74) is 4.59. The first-order chi connectivity index (χ1) is 13.7. The van der Waals surface area contributed by atoms with Gasteiger partial charge in [0.1, 0.15) is 5.75 Å². The molecule has 2 aromatic heterocycles. The number of phenols is 1. The molecule has 142 valence electrons. The van der Waals surface area contributed by atoms with E-state index in [4.69, 9.17) is 0 Å². The number of aromatic nitrogens is 3. The molecule has 2 aliphatic rings. The van der Waals surface area contributed by atoms with Crippen LogP contribution in [0.25, 0.3) is 22.3 Å². The van der Waals surface area contributed by atoms with Gasteiger partial charge >= 0.3 is 0 Å². The van der Waals surface area contributed by atoms with Crippen LogP contribution in [0.4, 0.5) is 0 Å². The van der Waals surface area contributed by atoms with Crippen LogP contribution in [0.5, 0.6) is 5.75 Å². The number of likely N-dealkylation sites (tertiary alicyclic amines) is 1. The van der Waals surface area contributed by atoms with Crippen molar-refractivity contribution in [1.29, 1.82) is 0 Å². The van der Waals surface area contributed by atoms with Gasteiger partial charge in [-0.05, 0) is 55.0 Å². The minimum absolute atomic E-state index is 0.00182. The second kappa shape index (κ2) is 6.48. The van der Waals surface area contributed by atoms with Crippen molar-refractivity contribution in [2.45, 2.75) is 37.6 Å². The molecule has 1 saturated carbocycles. The Kier molecular flexibility index (Phi) is 3.93. The van der Waals surface area contributed by atoms with Crippen LogP contribution in [0, 0.1) is 0 Å². The predicted molar refractivity (Wildman–Crippen MR) is 107 cm³/mol. The van der Waals surface area contributed by atoms with Crippen molar-refractivity contribution in [3.05, 3.63) is 54.2 Å². The zero-order valence-corrected chi connectivity index (χ0v) is 15.6. The maximum absolute atomic E-state index is 12.0. The molecule has 1 saturated heterocycles. The van der Waals surface area contributed by atoms with Crippen molar-refractivity contribution < 1.29 is 9.90 Å². The fourth-order valence-electron chi connectivity index (χ4n) is 4.18. The summed E-state index contributed by atoms with van der Waals surface area (Å²) >= 11 is 0. The Hall–Kier alpha value is -3.15. The van der Waals surface area contributed by atoms with Gasteiger partial charge in [-0.1, -0.05) is 18.7 Å². The number of hydrogen-bond acceptors (Lipinski definition) is 4. The Morgan fingerprint density at radius 3 is 2.79 bits per heavy atom. The lowest BCUT2D eigenvalue weighted by Gasteiger charge is -2.40. The Bertz CT molecular complexity index is 1080. The molecule has 1 amide bonds. The molecular formula is C22H22N4O2. The van der Waals surface area contributed by atoms with Crippen molar-refractivity contribution in [1.82, 2.24) is 20.1 Å². The van der Waals surface area contributed by atoms with Gasteiger partial charge in [0.25, 0.3) is 0 Å². The zero-order chi connectivity index (χ0) is 19.3. The van der Waals surface area contributed by atoms with Gasteiger partial charge in [0.15, 0.2) is 5.65 Å². The number of aromatic hydroxyl groups is 1. The molecule has 0 bridgehead atoms. The highest BCUT2D eigenvalue weighted by Crippen LogP contribution is 2.46. The third-order valence-corrected chi connectivity index (χ3v) is 5.89. The van der Waals surface area contributed by atoms with E-state index in [-0.39, 0.29) is 17.7 Å². The topological polar surface area (TPSA) is 82.1 Å². The molecule has 6 heteroatoms. The summed E-state index contributed by atoms with van der Waals surface area (Å²) in [5, 5.41) is 20.0. The second-order valence-corrected chi connectivity index (χ2v) is 7.68. The number of carbonyl (C=O) groups is 1. The summed E-state index contributed by atoms with van der Waals surface area (Å²) in [6.07, 6.45) is 5.55. The summed E-state index contributed by atoms with van der Waals surface area (Å²) in [6.45, 7) is 4.40. The summed E-state index contributed by atoms with van der Waals surface area (Å²) in [5.74, 6) is 0.740. The Morgan fingerprint density at radius 2 is 2.11 bits per heavy atom. The summed E-state index contributed by atoms with van der Waals surface area (Å²) in [6, 6.07) is 9.42. The lowest BCUT2D eigenvalue weighted by Crippen LogP contribution is -2.51. The highest BCUT2D eigenvalue weighted by atomic mass is 16.3. The number of para-hydroxylation sites is 1. The van der Waals surface area contributed by atoms with E-state index >= 15 is 0 Å². The number of rotatable bonds is 5. The number of benzene rings is 1. The van der Waals surface area contributed by atoms with Crippen molar-refractivity contribution in [3.63, 3.8) is 0 Å². The van der Waals surface area contributed by atoms with E-state index in [9.17, 15) is 9.90 Å². The first-order valence-corrected chi connectivity index (χ1v) is 9.75. The maximum atomic E-state index is 12.0. The van der Waals surface area contributed by atoms with E-state index < -0.39 is 0 Å². The van der Waals surface area contributed by atoms with Gasteiger partial charge in [-0.3, -0.25) is 4.79 Å². The molecular weight excluding hydrogens is 352 g/mol. The monoisotopic (exact) mass is 374 g/mol. The summed E-state index contributed by atoms with van der Waals surface area (Å²) in [4.78, 5) is 17.3. The molecule has 0 spiro atoms. The minimum atomic E-state index is 0.00182. The molecule has 1 atom stereocenters. The third-order valence-electron chi connectivity index (χ3n) is 5.89. The molecule has 1 aromatic carbocycles. The van der Waals surface area contributed by atoms with Gasteiger partial charge in [-0.25, -0.2) is 0 Å². The standard InChI is InChI=1S/C22H22N4O2/c1-2-20(28)26-10-9-14(26)11-18-21(13-7-8-13)16-12-17(24-25-22(16)23-18)15-5-3-4-6-19(15)27/h2-6,12-14,27H,1,7-11H2,(H,23,25)/t14-/m0/s1. The summed E-state index contributed by atoms with van der Waals surface area (Å²) < 4.78 is 0. The second-order valence-electron chi connectivity index (χ2n) is 7.68. The molecule has 1 aliphatic heterocycles. The fraction of sp³-hybridized carbons (Fsp3) is 0.318. The molecule has 1 aliphatic carbocycles. The van der Waals surface area contributed by atoms with Crippen LogP contribution in [-0.2, 0) is 11.2 Å². The molecule has 3 heterocycles. The number of fused-ring (bicyclic) bond motifs is 1. The fourth-order valence-corrected chi connectivity index (χ4v) is 4.18. The number of nitrogens with one attached hydrogen (secondary N) is 1. The third kappa shape index (κ3) is 2.76. The SMILES string of the molecule is C=CC(=O)N1CC[C@H]1Cc1[nH]c2nnc(-c3ccccc3O)cc2c1C1CC1. The normalized spacial score (nSPS) is 18.9. The smallest absolute Gasteiger partial charge is 0.246 e. The van der Waals surface area contributed by atoms with E-state index in [1.54, 1.807) is 12.1 Å². The number of nitrogens with zero attached hydrogens (tertiary/aromatic N) is 3. The lowest BCUT2D eigenvalue weighted by molar-refractivity contribution is -0.133. The van der Waals surface area contributed by atoms with Gasteiger partial charge in [-0.15, -0.1) is 10.2 Å². The summed E-state index contributed by atoms with van der Waals surface area (Å²) in [7, 11) is 0. The molecule has 5 rings (SSSR count). The molecule has 2 N–H and O–H groups in total. The number of H-pyrrole nitrogens is 1. The minimum Gasteiger partial charge on any atom is -0.507 e. The predicted octanol–water partition coefficient (Wildman–Crippen LogP) is 3.54. The van der Waals surface area contributed by atoms with E-state index in [0.29, 0.717) is 17.2 Å². The maximum Gasteiger partial charge on any atom is 0.246 e. The number of aromatic amines is 1. The van der Waals surface area contributed by atoms with Crippen LogP contribution in [0.15, 0.2) is 43.0 Å². The van der Waals surface area contributed by atoms with Crippen LogP contribution in [0.2, 0.25) is 0 Å². The average Bonchev–Trinajstić information content (AvgIpc) is 3.45. The average molecular weight is 374 g/mol. The van der Waals surface area contributed by atoms with E-state index in [1.807, 2.05) is 23.1 Å². The van der Waals surface area contributed by atoms with E-state index in [0.717, 1.165) is 36.1 Å². The lowest BCUT2D eigenvalue weighted by atomic mass is 9.94. The molecule has 6 nitrogen and oxygen atoms in total. The van der Waals surface area contributed by atoms with Gasteiger partial charge in [-0.2, -0.15) is 0 Å². The Balaban J connectivity index is 1.54. The molecule has 28 heavy (non-hydrogen) atoms. The Labute approximate surface area is 162 Å². The van der Waals surface area contributed by atoms with E-state index in [2.05, 4.69) is 21.8 Å². The zero-order valence-electron chi connectivity index (χ0n) is 15.6.